The number of amides is 1. The summed E-state index contributed by atoms with van der Waals surface area (Å²) in [5, 5.41) is 0. The van der Waals surface area contributed by atoms with Crippen LogP contribution in [-0.4, -0.2) is 5.91 Å². The zero-order valence-corrected chi connectivity index (χ0v) is 14.6. The lowest BCUT2D eigenvalue weighted by molar-refractivity contribution is -0.135. The quantitative estimate of drug-likeness (QED) is 0.623. The van der Waals surface area contributed by atoms with Gasteiger partial charge in [-0.2, -0.15) is 0 Å². The summed E-state index contributed by atoms with van der Waals surface area (Å²) < 4.78 is 5.82. The minimum atomic E-state index is -0.356. The maximum absolute atomic E-state index is 12.3. The van der Waals surface area contributed by atoms with Gasteiger partial charge in [0.2, 0.25) is 0 Å². The third-order valence-corrected chi connectivity index (χ3v) is 3.98. The highest BCUT2D eigenvalue weighted by atomic mass is 16.6. The van der Waals surface area contributed by atoms with Gasteiger partial charge in [-0.3, -0.25) is 9.63 Å². The van der Waals surface area contributed by atoms with Crippen molar-refractivity contribution in [2.45, 2.75) is 19.4 Å². The van der Waals surface area contributed by atoms with Gasteiger partial charge in [0, 0.05) is 0 Å². The van der Waals surface area contributed by atoms with Crippen LogP contribution in [0.3, 0.4) is 0 Å². The van der Waals surface area contributed by atoms with Gasteiger partial charge in [0.1, 0.15) is 11.5 Å². The van der Waals surface area contributed by atoms with Crippen LogP contribution in [-0.2, 0) is 16.2 Å². The maximum atomic E-state index is 12.3. The Bertz CT molecular complexity index is 834. The van der Waals surface area contributed by atoms with E-state index in [1.807, 2.05) is 91.9 Å². The number of carbonyl (C=O) groups excluding carboxylic acids is 1. The third kappa shape index (κ3) is 4.94. The minimum Gasteiger partial charge on any atom is -0.457 e. The van der Waals surface area contributed by atoms with Crippen molar-refractivity contribution in [1.82, 2.24) is 5.48 Å². The number of rotatable bonds is 7. The molecule has 0 heterocycles. The lowest BCUT2D eigenvalue weighted by Crippen LogP contribution is -2.28. The third-order valence-electron chi connectivity index (χ3n) is 3.98. The summed E-state index contributed by atoms with van der Waals surface area (Å²) in [7, 11) is 0. The monoisotopic (exact) mass is 347 g/mol. The summed E-state index contributed by atoms with van der Waals surface area (Å²) in [6.45, 7) is 2.17. The van der Waals surface area contributed by atoms with Gasteiger partial charge in [0.25, 0.3) is 5.91 Å². The predicted octanol–water partition coefficient (Wildman–Crippen LogP) is 4.83. The van der Waals surface area contributed by atoms with E-state index in [0.717, 1.165) is 16.9 Å². The van der Waals surface area contributed by atoms with Crippen molar-refractivity contribution in [2.24, 2.45) is 0 Å². The largest absolute Gasteiger partial charge is 0.457 e. The molecule has 3 aromatic rings. The number of ether oxygens (including phenoxy) is 1. The van der Waals surface area contributed by atoms with E-state index < -0.39 is 0 Å². The van der Waals surface area contributed by atoms with E-state index in [4.69, 9.17) is 9.57 Å². The van der Waals surface area contributed by atoms with E-state index in [1.54, 1.807) is 0 Å². The second-order valence-electron chi connectivity index (χ2n) is 5.95. The molecule has 1 unspecified atom stereocenters. The molecule has 0 aliphatic carbocycles. The Kier molecular flexibility index (Phi) is 6.01. The lowest BCUT2D eigenvalue weighted by atomic mass is 10.0. The Hall–Kier alpha value is -3.11. The molecule has 0 aromatic heterocycles. The first-order valence-electron chi connectivity index (χ1n) is 8.51. The molecule has 1 atom stereocenters. The second kappa shape index (κ2) is 8.83. The zero-order chi connectivity index (χ0) is 18.2. The Balaban J connectivity index is 1.57. The Labute approximate surface area is 153 Å². The molecule has 0 bridgehead atoms. The molecule has 1 amide bonds. The smallest absolute Gasteiger partial charge is 0.250 e. The number of nitrogens with one attached hydrogen (secondary N) is 1. The van der Waals surface area contributed by atoms with Crippen LogP contribution < -0.4 is 10.2 Å². The number of hydrogen-bond donors (Lipinski definition) is 1. The number of hydroxylamine groups is 1. The van der Waals surface area contributed by atoms with E-state index in [2.05, 4.69) is 5.48 Å². The highest BCUT2D eigenvalue weighted by Crippen LogP contribution is 2.25. The molecule has 1 N–H and O–H groups in total. The van der Waals surface area contributed by atoms with Gasteiger partial charge in [-0.05, 0) is 42.3 Å². The van der Waals surface area contributed by atoms with Crippen LogP contribution in [0.1, 0.15) is 24.0 Å². The molecule has 0 fully saturated rings. The first-order valence-corrected chi connectivity index (χ1v) is 8.51. The van der Waals surface area contributed by atoms with Crippen molar-refractivity contribution in [3.63, 3.8) is 0 Å². The van der Waals surface area contributed by atoms with Crippen molar-refractivity contribution < 1.29 is 14.4 Å². The van der Waals surface area contributed by atoms with Crippen LogP contribution in [0.5, 0.6) is 11.5 Å². The van der Waals surface area contributed by atoms with E-state index in [-0.39, 0.29) is 11.8 Å². The average molecular weight is 347 g/mol. The molecule has 132 valence electrons. The summed E-state index contributed by atoms with van der Waals surface area (Å²) >= 11 is 0. The number of benzene rings is 3. The average Bonchev–Trinajstić information content (AvgIpc) is 2.69. The molecule has 3 aromatic carbocycles. The Morgan fingerprint density at radius 2 is 1.54 bits per heavy atom. The zero-order valence-electron chi connectivity index (χ0n) is 14.6. The molecule has 4 heteroatoms. The van der Waals surface area contributed by atoms with Gasteiger partial charge < -0.3 is 4.74 Å². The van der Waals surface area contributed by atoms with Crippen LogP contribution in [0.4, 0.5) is 0 Å². The van der Waals surface area contributed by atoms with Crippen LogP contribution >= 0.6 is 0 Å². The predicted molar refractivity (Wildman–Crippen MR) is 101 cm³/mol. The molecule has 0 spiro atoms. The molecule has 0 aliphatic heterocycles. The van der Waals surface area contributed by atoms with Crippen LogP contribution in [0.25, 0.3) is 0 Å². The first kappa shape index (κ1) is 17.7. The molecule has 0 saturated carbocycles. The first-order chi connectivity index (χ1) is 12.7. The fourth-order valence-corrected chi connectivity index (χ4v) is 2.48. The maximum Gasteiger partial charge on any atom is 0.250 e. The van der Waals surface area contributed by atoms with Crippen molar-refractivity contribution in [1.29, 1.82) is 0 Å². The fourth-order valence-electron chi connectivity index (χ4n) is 2.48. The highest BCUT2D eigenvalue weighted by molar-refractivity contribution is 5.82. The fraction of sp³-hybridized carbons (Fsp3) is 0.136. The number of hydrogen-bond acceptors (Lipinski definition) is 3. The lowest BCUT2D eigenvalue weighted by Gasteiger charge is -2.14. The Morgan fingerprint density at radius 3 is 2.27 bits per heavy atom. The molecule has 0 saturated heterocycles. The molecule has 0 aliphatic rings. The summed E-state index contributed by atoms with van der Waals surface area (Å²) in [5.74, 6) is 0.898. The summed E-state index contributed by atoms with van der Waals surface area (Å²) in [4.78, 5) is 17.6. The summed E-state index contributed by atoms with van der Waals surface area (Å²) in [6.07, 6.45) is 0. The topological polar surface area (TPSA) is 47.6 Å². The normalized spacial score (nSPS) is 11.6. The molecular weight excluding hydrogens is 326 g/mol. The molecule has 3 rings (SSSR count). The van der Waals surface area contributed by atoms with Crippen molar-refractivity contribution in [3.05, 3.63) is 96.1 Å². The SMILES string of the molecule is CC(C(=O)NOCc1ccccc1)c1cccc(Oc2ccccc2)c1. The summed E-state index contributed by atoms with van der Waals surface area (Å²) in [6, 6.07) is 26.8. The van der Waals surface area contributed by atoms with Crippen molar-refractivity contribution in [3.8, 4) is 11.5 Å². The number of carbonyl (C=O) groups is 1. The van der Waals surface area contributed by atoms with E-state index in [9.17, 15) is 4.79 Å². The highest BCUT2D eigenvalue weighted by Gasteiger charge is 2.16. The molecule has 4 nitrogen and oxygen atoms in total. The van der Waals surface area contributed by atoms with Crippen LogP contribution in [0.2, 0.25) is 0 Å². The van der Waals surface area contributed by atoms with Gasteiger partial charge in [-0.1, -0.05) is 60.7 Å². The molecular formula is C22H21NO3. The minimum absolute atomic E-state index is 0.196. The number of para-hydroxylation sites is 1. The van der Waals surface area contributed by atoms with Crippen LogP contribution in [0, 0.1) is 0 Å². The van der Waals surface area contributed by atoms with Crippen LogP contribution in [0.15, 0.2) is 84.9 Å². The summed E-state index contributed by atoms with van der Waals surface area (Å²) in [5.41, 5.74) is 4.38. The van der Waals surface area contributed by atoms with Gasteiger partial charge in [-0.25, -0.2) is 5.48 Å². The van der Waals surface area contributed by atoms with Gasteiger partial charge in [0.05, 0.1) is 12.5 Å². The van der Waals surface area contributed by atoms with Crippen molar-refractivity contribution >= 4 is 5.91 Å². The van der Waals surface area contributed by atoms with Gasteiger partial charge in [0.15, 0.2) is 0 Å². The van der Waals surface area contributed by atoms with E-state index >= 15 is 0 Å². The van der Waals surface area contributed by atoms with E-state index in [0.29, 0.717) is 12.4 Å². The van der Waals surface area contributed by atoms with Gasteiger partial charge in [-0.15, -0.1) is 0 Å². The second-order valence-corrected chi connectivity index (χ2v) is 5.95. The standard InChI is InChI=1S/C22H21NO3/c1-17(22(24)23-25-16-18-9-4-2-5-10-18)19-11-8-14-21(15-19)26-20-12-6-3-7-13-20/h2-15,17H,16H2,1H3,(H,23,24). The Morgan fingerprint density at radius 1 is 0.885 bits per heavy atom. The molecule has 0 radical (unpaired) electrons. The van der Waals surface area contributed by atoms with Crippen molar-refractivity contribution in [2.75, 3.05) is 0 Å². The molecule has 26 heavy (non-hydrogen) atoms. The van der Waals surface area contributed by atoms with Gasteiger partial charge >= 0.3 is 0 Å². The van der Waals surface area contributed by atoms with E-state index in [1.165, 1.54) is 0 Å².